The Balaban J connectivity index is 2.44. The number of hydrogen-bond donors (Lipinski definition) is 3. The standard InChI is InChI=1S/C13H15BrN2O5/c1-8(17)15-4-5-16-12(18)7-21-11-6-9(13(19)20)2-3-10(11)14/h2-3,6H,4-5,7H2,1H3,(H,15,17)(H,16,18)(H,19,20). The second-order valence-corrected chi connectivity index (χ2v) is 4.93. The van der Waals surface area contributed by atoms with Gasteiger partial charge >= 0.3 is 5.97 Å². The highest BCUT2D eigenvalue weighted by molar-refractivity contribution is 9.10. The van der Waals surface area contributed by atoms with Crippen LogP contribution in [0.5, 0.6) is 5.75 Å². The summed E-state index contributed by atoms with van der Waals surface area (Å²) >= 11 is 3.21. The highest BCUT2D eigenvalue weighted by atomic mass is 79.9. The average Bonchev–Trinajstić information content (AvgIpc) is 2.42. The Morgan fingerprint density at radius 3 is 2.52 bits per heavy atom. The van der Waals surface area contributed by atoms with Crippen molar-refractivity contribution < 1.29 is 24.2 Å². The Hall–Kier alpha value is -2.09. The van der Waals surface area contributed by atoms with Crippen molar-refractivity contribution in [3.05, 3.63) is 28.2 Å². The summed E-state index contributed by atoms with van der Waals surface area (Å²) in [5.41, 5.74) is 0.0688. The quantitative estimate of drug-likeness (QED) is 0.624. The zero-order valence-corrected chi connectivity index (χ0v) is 12.9. The minimum Gasteiger partial charge on any atom is -0.483 e. The van der Waals surface area contributed by atoms with Gasteiger partial charge in [0.2, 0.25) is 5.91 Å². The molecule has 0 atom stereocenters. The second kappa shape index (κ2) is 8.25. The lowest BCUT2D eigenvalue weighted by atomic mass is 10.2. The molecule has 0 fully saturated rings. The zero-order valence-electron chi connectivity index (χ0n) is 11.3. The van der Waals surface area contributed by atoms with Crippen LogP contribution in [0, 0.1) is 0 Å². The third-order valence-electron chi connectivity index (χ3n) is 2.36. The molecule has 0 radical (unpaired) electrons. The van der Waals surface area contributed by atoms with Crippen molar-refractivity contribution >= 4 is 33.7 Å². The number of carbonyl (C=O) groups excluding carboxylic acids is 2. The summed E-state index contributed by atoms with van der Waals surface area (Å²) in [5.74, 6) is -1.35. The number of halogens is 1. The summed E-state index contributed by atoms with van der Waals surface area (Å²) in [6.07, 6.45) is 0. The number of hydrogen-bond acceptors (Lipinski definition) is 4. The maximum atomic E-state index is 11.5. The summed E-state index contributed by atoms with van der Waals surface area (Å²) in [4.78, 5) is 33.0. The van der Waals surface area contributed by atoms with Gasteiger partial charge in [-0.05, 0) is 34.1 Å². The largest absolute Gasteiger partial charge is 0.483 e. The molecule has 0 aliphatic carbocycles. The van der Waals surface area contributed by atoms with Crippen LogP contribution in [0.3, 0.4) is 0 Å². The number of ether oxygens (including phenoxy) is 1. The molecule has 1 rings (SSSR count). The Labute approximate surface area is 129 Å². The van der Waals surface area contributed by atoms with E-state index >= 15 is 0 Å². The average molecular weight is 359 g/mol. The van der Waals surface area contributed by atoms with Crippen LogP contribution in [0.1, 0.15) is 17.3 Å². The summed E-state index contributed by atoms with van der Waals surface area (Å²) in [5, 5.41) is 14.0. The lowest BCUT2D eigenvalue weighted by Crippen LogP contribution is -2.36. The van der Waals surface area contributed by atoms with Crippen molar-refractivity contribution in [3.8, 4) is 5.75 Å². The minimum atomic E-state index is -1.08. The number of carboxylic acids is 1. The fourth-order valence-electron chi connectivity index (χ4n) is 1.38. The van der Waals surface area contributed by atoms with E-state index in [1.807, 2.05) is 0 Å². The molecule has 1 aromatic rings. The van der Waals surface area contributed by atoms with Crippen LogP contribution >= 0.6 is 15.9 Å². The highest BCUT2D eigenvalue weighted by Gasteiger charge is 2.09. The first kappa shape index (κ1) is 17.0. The van der Waals surface area contributed by atoms with Gasteiger partial charge in [0.05, 0.1) is 10.0 Å². The molecule has 0 heterocycles. The van der Waals surface area contributed by atoms with E-state index in [0.29, 0.717) is 11.0 Å². The van der Waals surface area contributed by atoms with Crippen molar-refractivity contribution in [1.82, 2.24) is 10.6 Å². The van der Waals surface area contributed by atoms with E-state index in [9.17, 15) is 14.4 Å². The molecule has 1 aromatic carbocycles. The molecule has 0 bridgehead atoms. The number of rotatable bonds is 7. The Bertz CT molecular complexity index is 547. The van der Waals surface area contributed by atoms with Crippen molar-refractivity contribution in [2.45, 2.75) is 6.92 Å². The van der Waals surface area contributed by atoms with Crippen molar-refractivity contribution in [2.24, 2.45) is 0 Å². The Kier molecular flexibility index (Phi) is 6.67. The summed E-state index contributed by atoms with van der Waals surface area (Å²) < 4.78 is 5.81. The first-order valence-corrected chi connectivity index (χ1v) is 6.86. The van der Waals surface area contributed by atoms with Gasteiger partial charge in [-0.2, -0.15) is 0 Å². The summed E-state index contributed by atoms with van der Waals surface area (Å²) in [6.45, 7) is 1.76. The molecule has 0 saturated heterocycles. The molecule has 0 saturated carbocycles. The minimum absolute atomic E-state index is 0.0688. The summed E-state index contributed by atoms with van der Waals surface area (Å²) in [7, 11) is 0. The Morgan fingerprint density at radius 2 is 1.90 bits per heavy atom. The predicted octanol–water partition coefficient (Wildman–Crippen LogP) is 0.778. The maximum absolute atomic E-state index is 11.5. The van der Waals surface area contributed by atoms with E-state index in [-0.39, 0.29) is 36.3 Å². The lowest BCUT2D eigenvalue weighted by Gasteiger charge is -2.09. The van der Waals surface area contributed by atoms with E-state index in [2.05, 4.69) is 26.6 Å². The number of benzene rings is 1. The number of nitrogens with one attached hydrogen (secondary N) is 2. The molecule has 21 heavy (non-hydrogen) atoms. The number of carbonyl (C=O) groups is 3. The molecule has 0 unspecified atom stereocenters. The van der Waals surface area contributed by atoms with E-state index < -0.39 is 5.97 Å². The number of aromatic carboxylic acids is 1. The first-order valence-electron chi connectivity index (χ1n) is 6.07. The van der Waals surface area contributed by atoms with Crippen molar-refractivity contribution in [3.63, 3.8) is 0 Å². The molecule has 0 aliphatic heterocycles. The molecule has 0 aromatic heterocycles. The van der Waals surface area contributed by atoms with Gasteiger partial charge in [-0.25, -0.2) is 4.79 Å². The third-order valence-corrected chi connectivity index (χ3v) is 3.01. The molecule has 3 N–H and O–H groups in total. The van der Waals surface area contributed by atoms with E-state index in [1.165, 1.54) is 25.1 Å². The monoisotopic (exact) mass is 358 g/mol. The molecular formula is C13H15BrN2O5. The van der Waals surface area contributed by atoms with Crippen LogP contribution in [0.25, 0.3) is 0 Å². The molecule has 114 valence electrons. The number of amides is 2. The SMILES string of the molecule is CC(=O)NCCNC(=O)COc1cc(C(=O)O)ccc1Br. The normalized spacial score (nSPS) is 9.81. The predicted molar refractivity (Wildman–Crippen MR) is 78.3 cm³/mol. The fourth-order valence-corrected chi connectivity index (χ4v) is 1.74. The maximum Gasteiger partial charge on any atom is 0.335 e. The topological polar surface area (TPSA) is 105 Å². The fraction of sp³-hybridized carbons (Fsp3) is 0.308. The van der Waals surface area contributed by atoms with Crippen molar-refractivity contribution in [2.75, 3.05) is 19.7 Å². The van der Waals surface area contributed by atoms with Crippen LogP contribution in [0.15, 0.2) is 22.7 Å². The zero-order chi connectivity index (χ0) is 15.8. The first-order chi connectivity index (χ1) is 9.90. The van der Waals surface area contributed by atoms with Crippen molar-refractivity contribution in [1.29, 1.82) is 0 Å². The van der Waals surface area contributed by atoms with Gasteiger partial charge in [0, 0.05) is 20.0 Å². The van der Waals surface area contributed by atoms with Gasteiger partial charge in [-0.15, -0.1) is 0 Å². The van der Waals surface area contributed by atoms with E-state index in [0.717, 1.165) is 0 Å². The van der Waals surface area contributed by atoms with Crippen LogP contribution in [0.4, 0.5) is 0 Å². The highest BCUT2D eigenvalue weighted by Crippen LogP contribution is 2.26. The lowest BCUT2D eigenvalue weighted by molar-refractivity contribution is -0.123. The van der Waals surface area contributed by atoms with Gasteiger partial charge in [-0.3, -0.25) is 9.59 Å². The molecule has 0 aliphatic rings. The van der Waals surface area contributed by atoms with Crippen LogP contribution in [-0.4, -0.2) is 42.6 Å². The smallest absolute Gasteiger partial charge is 0.335 e. The third kappa shape index (κ3) is 6.26. The van der Waals surface area contributed by atoms with Crippen LogP contribution in [0.2, 0.25) is 0 Å². The van der Waals surface area contributed by atoms with Gasteiger partial charge in [0.25, 0.3) is 5.91 Å². The second-order valence-electron chi connectivity index (χ2n) is 4.07. The van der Waals surface area contributed by atoms with Crippen LogP contribution < -0.4 is 15.4 Å². The van der Waals surface area contributed by atoms with Gasteiger partial charge in [0.15, 0.2) is 6.61 Å². The molecule has 0 spiro atoms. The molecule has 2 amide bonds. The van der Waals surface area contributed by atoms with Crippen LogP contribution in [-0.2, 0) is 9.59 Å². The Morgan fingerprint density at radius 1 is 1.24 bits per heavy atom. The van der Waals surface area contributed by atoms with Gasteiger partial charge < -0.3 is 20.5 Å². The molecule has 8 heteroatoms. The summed E-state index contributed by atoms with van der Waals surface area (Å²) in [6, 6.07) is 4.29. The van der Waals surface area contributed by atoms with Gasteiger partial charge in [0.1, 0.15) is 5.75 Å². The van der Waals surface area contributed by atoms with E-state index in [1.54, 1.807) is 0 Å². The molecule has 7 nitrogen and oxygen atoms in total. The van der Waals surface area contributed by atoms with Gasteiger partial charge in [-0.1, -0.05) is 0 Å². The van der Waals surface area contributed by atoms with E-state index in [4.69, 9.17) is 9.84 Å². The number of carboxylic acid groups (broad SMARTS) is 1. The molecular weight excluding hydrogens is 344 g/mol.